The normalized spacial score (nSPS) is 15.8. The minimum absolute atomic E-state index is 0.161. The Labute approximate surface area is 153 Å². The van der Waals surface area contributed by atoms with E-state index in [4.69, 9.17) is 4.42 Å². The number of carbonyl (C=O) groups excluding carboxylic acids is 1. The van der Waals surface area contributed by atoms with E-state index in [0.29, 0.717) is 5.75 Å². The van der Waals surface area contributed by atoms with Crippen LogP contribution in [-0.2, 0) is 4.79 Å². The number of oxazole rings is 1. The molecule has 1 aliphatic rings. The molecule has 130 valence electrons. The highest BCUT2D eigenvalue weighted by Crippen LogP contribution is 2.30. The second-order valence-corrected chi connectivity index (χ2v) is 8.45. The van der Waals surface area contributed by atoms with Gasteiger partial charge in [-0.2, -0.15) is 0 Å². The van der Waals surface area contributed by atoms with Crippen LogP contribution in [0.2, 0.25) is 0 Å². The number of rotatable bonds is 4. The van der Waals surface area contributed by atoms with Crippen molar-refractivity contribution in [3.63, 3.8) is 0 Å². The van der Waals surface area contributed by atoms with Crippen molar-refractivity contribution in [3.8, 4) is 0 Å². The van der Waals surface area contributed by atoms with Crippen LogP contribution in [0.1, 0.15) is 29.7 Å². The van der Waals surface area contributed by atoms with E-state index in [1.165, 1.54) is 23.1 Å². The van der Waals surface area contributed by atoms with Crippen LogP contribution in [0.4, 0.5) is 0 Å². The summed E-state index contributed by atoms with van der Waals surface area (Å²) in [7, 11) is 0. The van der Waals surface area contributed by atoms with E-state index in [-0.39, 0.29) is 11.8 Å². The van der Waals surface area contributed by atoms with Gasteiger partial charge in [-0.3, -0.25) is 4.79 Å². The summed E-state index contributed by atoms with van der Waals surface area (Å²) in [5, 5.41) is 8.94. The standard InChI is InChI=1S/C17H18N4O2S2/c1-11-19-20-17(25-11)24-10-15(22)21-8-6-12(7-9-21)16-18-13-4-2-3-5-14(13)23-16/h2-5,12H,6-10H2,1H3. The van der Waals surface area contributed by atoms with Gasteiger partial charge in [0.05, 0.1) is 5.75 Å². The monoisotopic (exact) mass is 374 g/mol. The number of para-hydroxylation sites is 2. The fraction of sp³-hybridized carbons (Fsp3) is 0.412. The number of amides is 1. The highest BCUT2D eigenvalue weighted by molar-refractivity contribution is 8.01. The quantitative estimate of drug-likeness (QED) is 0.651. The van der Waals surface area contributed by atoms with Crippen LogP contribution in [0, 0.1) is 6.92 Å². The second kappa shape index (κ2) is 7.13. The van der Waals surface area contributed by atoms with Gasteiger partial charge in [0.1, 0.15) is 10.5 Å². The summed E-state index contributed by atoms with van der Waals surface area (Å²) in [4.78, 5) is 18.9. The minimum atomic E-state index is 0.161. The van der Waals surface area contributed by atoms with Crippen LogP contribution in [0.5, 0.6) is 0 Å². The second-order valence-electron chi connectivity index (χ2n) is 6.05. The summed E-state index contributed by atoms with van der Waals surface area (Å²) < 4.78 is 6.73. The van der Waals surface area contributed by atoms with Gasteiger partial charge in [-0.1, -0.05) is 35.2 Å². The van der Waals surface area contributed by atoms with Gasteiger partial charge in [0.15, 0.2) is 15.8 Å². The van der Waals surface area contributed by atoms with Crippen molar-refractivity contribution in [3.05, 3.63) is 35.2 Å². The molecule has 25 heavy (non-hydrogen) atoms. The molecule has 0 atom stereocenters. The Hall–Kier alpha value is -1.93. The van der Waals surface area contributed by atoms with Crippen molar-refractivity contribution in [2.75, 3.05) is 18.8 Å². The Morgan fingerprint density at radius 3 is 2.84 bits per heavy atom. The first-order chi connectivity index (χ1) is 12.2. The minimum Gasteiger partial charge on any atom is -0.440 e. The third-order valence-electron chi connectivity index (χ3n) is 4.33. The molecular formula is C17H18N4O2S2. The highest BCUT2D eigenvalue weighted by Gasteiger charge is 2.27. The van der Waals surface area contributed by atoms with Crippen molar-refractivity contribution in [2.24, 2.45) is 0 Å². The van der Waals surface area contributed by atoms with Gasteiger partial charge in [0, 0.05) is 19.0 Å². The average Bonchev–Trinajstić information content (AvgIpc) is 3.25. The number of hydrogen-bond acceptors (Lipinski definition) is 7. The van der Waals surface area contributed by atoms with E-state index in [2.05, 4.69) is 15.2 Å². The number of benzene rings is 1. The summed E-state index contributed by atoms with van der Waals surface area (Å²) in [5.74, 6) is 1.66. The first-order valence-corrected chi connectivity index (χ1v) is 10.1. The molecule has 1 amide bonds. The smallest absolute Gasteiger partial charge is 0.233 e. The summed E-state index contributed by atoms with van der Waals surface area (Å²) in [6.07, 6.45) is 1.78. The van der Waals surface area contributed by atoms with Gasteiger partial charge in [0.25, 0.3) is 0 Å². The Morgan fingerprint density at radius 1 is 1.32 bits per heavy atom. The molecule has 0 N–H and O–H groups in total. The maximum atomic E-state index is 12.4. The molecule has 6 nitrogen and oxygen atoms in total. The van der Waals surface area contributed by atoms with Crippen molar-refractivity contribution in [1.29, 1.82) is 0 Å². The summed E-state index contributed by atoms with van der Waals surface area (Å²) in [6, 6.07) is 7.83. The largest absolute Gasteiger partial charge is 0.440 e. The van der Waals surface area contributed by atoms with Crippen LogP contribution in [0.25, 0.3) is 11.1 Å². The molecule has 0 aliphatic carbocycles. The Bertz CT molecular complexity index is 851. The van der Waals surface area contributed by atoms with Crippen LogP contribution < -0.4 is 0 Å². The Kier molecular flexibility index (Phi) is 4.72. The number of fused-ring (bicyclic) bond motifs is 1. The van der Waals surface area contributed by atoms with Gasteiger partial charge >= 0.3 is 0 Å². The molecule has 1 aromatic carbocycles. The van der Waals surface area contributed by atoms with Gasteiger partial charge in [-0.15, -0.1) is 10.2 Å². The highest BCUT2D eigenvalue weighted by atomic mass is 32.2. The van der Waals surface area contributed by atoms with Crippen LogP contribution >= 0.6 is 23.1 Å². The van der Waals surface area contributed by atoms with Crippen molar-refractivity contribution >= 4 is 40.1 Å². The SMILES string of the molecule is Cc1nnc(SCC(=O)N2CCC(c3nc4ccccc4o3)CC2)s1. The zero-order valence-electron chi connectivity index (χ0n) is 13.8. The number of likely N-dealkylation sites (tertiary alicyclic amines) is 1. The number of carbonyl (C=O) groups is 1. The molecular weight excluding hydrogens is 356 g/mol. The third kappa shape index (κ3) is 3.69. The van der Waals surface area contributed by atoms with E-state index in [9.17, 15) is 4.79 Å². The fourth-order valence-corrected chi connectivity index (χ4v) is 4.71. The Morgan fingerprint density at radius 2 is 2.12 bits per heavy atom. The van der Waals surface area contributed by atoms with Crippen LogP contribution in [-0.4, -0.2) is 44.8 Å². The van der Waals surface area contributed by atoms with Gasteiger partial charge in [0.2, 0.25) is 5.91 Å². The molecule has 2 aromatic heterocycles. The topological polar surface area (TPSA) is 72.1 Å². The van der Waals surface area contributed by atoms with E-state index in [1.54, 1.807) is 0 Å². The van der Waals surface area contributed by atoms with Gasteiger partial charge < -0.3 is 9.32 Å². The molecule has 4 rings (SSSR count). The zero-order valence-corrected chi connectivity index (χ0v) is 15.5. The van der Waals surface area contributed by atoms with Crippen molar-refractivity contribution in [2.45, 2.75) is 30.0 Å². The lowest BCUT2D eigenvalue weighted by Gasteiger charge is -2.30. The van der Waals surface area contributed by atoms with Gasteiger partial charge in [-0.05, 0) is 31.9 Å². The summed E-state index contributed by atoms with van der Waals surface area (Å²) in [6.45, 7) is 3.41. The average molecular weight is 374 g/mol. The molecule has 0 unspecified atom stereocenters. The molecule has 3 heterocycles. The molecule has 1 aliphatic heterocycles. The fourth-order valence-electron chi connectivity index (χ4n) is 2.99. The number of thioether (sulfide) groups is 1. The van der Waals surface area contributed by atoms with E-state index < -0.39 is 0 Å². The van der Waals surface area contributed by atoms with E-state index in [0.717, 1.165) is 52.3 Å². The number of aryl methyl sites for hydroxylation is 1. The van der Waals surface area contributed by atoms with Crippen molar-refractivity contribution in [1.82, 2.24) is 20.1 Å². The molecule has 0 spiro atoms. The van der Waals surface area contributed by atoms with E-state index in [1.807, 2.05) is 36.1 Å². The molecule has 1 saturated heterocycles. The van der Waals surface area contributed by atoms with Gasteiger partial charge in [-0.25, -0.2) is 4.98 Å². The maximum absolute atomic E-state index is 12.4. The molecule has 0 bridgehead atoms. The number of nitrogens with zero attached hydrogens (tertiary/aromatic N) is 4. The molecule has 0 radical (unpaired) electrons. The van der Waals surface area contributed by atoms with Crippen LogP contribution in [0.15, 0.2) is 33.0 Å². The lowest BCUT2D eigenvalue weighted by Crippen LogP contribution is -2.39. The Balaban J connectivity index is 1.32. The predicted molar refractivity (Wildman–Crippen MR) is 97.9 cm³/mol. The molecule has 3 aromatic rings. The van der Waals surface area contributed by atoms with Crippen molar-refractivity contribution < 1.29 is 9.21 Å². The molecule has 8 heteroatoms. The van der Waals surface area contributed by atoms with E-state index >= 15 is 0 Å². The molecule has 0 saturated carbocycles. The first kappa shape index (κ1) is 16.5. The predicted octanol–water partition coefficient (Wildman–Crippen LogP) is 3.49. The maximum Gasteiger partial charge on any atom is 0.233 e. The number of aromatic nitrogens is 3. The summed E-state index contributed by atoms with van der Waals surface area (Å²) >= 11 is 2.99. The lowest BCUT2D eigenvalue weighted by molar-refractivity contribution is -0.129. The number of hydrogen-bond donors (Lipinski definition) is 0. The number of piperidine rings is 1. The van der Waals surface area contributed by atoms with Crippen LogP contribution in [0.3, 0.4) is 0 Å². The zero-order chi connectivity index (χ0) is 17.2. The summed E-state index contributed by atoms with van der Waals surface area (Å²) in [5.41, 5.74) is 1.74. The lowest BCUT2D eigenvalue weighted by atomic mass is 9.97. The first-order valence-electron chi connectivity index (χ1n) is 8.25. The molecule has 1 fully saturated rings. The third-order valence-corrected chi connectivity index (χ3v) is 6.29.